The molecule has 1 heterocycles. The third-order valence-corrected chi connectivity index (χ3v) is 16.0. The molecule has 3 aromatic carbocycles. The van der Waals surface area contributed by atoms with Crippen LogP contribution in [0.25, 0.3) is 11.3 Å². The molecule has 8 unspecified atom stereocenters. The molecule has 3 fully saturated rings. The lowest BCUT2D eigenvalue weighted by Crippen LogP contribution is -2.67. The van der Waals surface area contributed by atoms with Gasteiger partial charge in [0.15, 0.2) is 5.76 Å². The number of nitrogens with one attached hydrogen (secondary N) is 1. The molecule has 6 aliphatic carbocycles. The van der Waals surface area contributed by atoms with Crippen molar-refractivity contribution in [1.82, 2.24) is 4.90 Å². The molecule has 2 bridgehead atoms. The summed E-state index contributed by atoms with van der Waals surface area (Å²) in [5.74, 6) is 0.0397. The molecule has 10 rings (SSSR count). The van der Waals surface area contributed by atoms with Crippen LogP contribution in [0, 0.1) is 33.5 Å². The molecule has 0 radical (unpaired) electrons. The SMILES string of the molecule is COc1ccc(NC(=O)N(Cc2ccccc2)CC2(O)CCC3C45C=CC6(C=C4C(=O)c4ccc(-c7cc(C(F)(F)F)ccc7Cl)o4)CC(O)CCC6(C)C5CCC32C)cc1. The number of methoxy groups -OCH3 is 1. The first-order valence-corrected chi connectivity index (χ1v) is 21.4. The van der Waals surface area contributed by atoms with E-state index in [1.54, 1.807) is 36.3 Å². The number of fused-ring (bicyclic) bond motifs is 1. The Balaban J connectivity index is 1.09. The quantitative estimate of drug-likeness (QED) is 0.114. The van der Waals surface area contributed by atoms with Crippen molar-refractivity contribution in [3.8, 4) is 17.1 Å². The maximum Gasteiger partial charge on any atom is 0.416 e. The van der Waals surface area contributed by atoms with E-state index in [1.165, 1.54) is 18.2 Å². The smallest absolute Gasteiger partial charge is 0.416 e. The van der Waals surface area contributed by atoms with Crippen LogP contribution < -0.4 is 10.1 Å². The number of carbonyl (C=O) groups is 2. The number of anilines is 1. The molecule has 4 aromatic rings. The van der Waals surface area contributed by atoms with E-state index in [2.05, 4.69) is 37.4 Å². The molecular weight excluding hydrogens is 805 g/mol. The van der Waals surface area contributed by atoms with Crippen molar-refractivity contribution in [2.24, 2.45) is 33.5 Å². The van der Waals surface area contributed by atoms with Crippen molar-refractivity contribution in [2.45, 2.75) is 83.2 Å². The van der Waals surface area contributed by atoms with Gasteiger partial charge in [-0.1, -0.05) is 74.0 Å². The second-order valence-electron chi connectivity index (χ2n) is 18.5. The lowest BCUT2D eigenvalue weighted by Gasteiger charge is -2.71. The number of urea groups is 1. The summed E-state index contributed by atoms with van der Waals surface area (Å²) < 4.78 is 52.7. The Morgan fingerprint density at radius 3 is 2.34 bits per heavy atom. The summed E-state index contributed by atoms with van der Waals surface area (Å²) in [5.41, 5.74) is -2.71. The highest BCUT2D eigenvalue weighted by Gasteiger charge is 2.74. The van der Waals surface area contributed by atoms with Gasteiger partial charge in [-0.25, -0.2) is 4.79 Å². The number of aliphatic hydroxyl groups is 2. The first-order chi connectivity index (χ1) is 28.9. The maximum atomic E-state index is 15.2. The van der Waals surface area contributed by atoms with E-state index >= 15 is 4.79 Å². The molecule has 61 heavy (non-hydrogen) atoms. The Kier molecular flexibility index (Phi) is 9.96. The number of Topliss-reactive ketones (excluding diaryl/α,β-unsaturated/α-hetero) is 1. The third kappa shape index (κ3) is 6.47. The minimum atomic E-state index is -4.61. The van der Waals surface area contributed by atoms with Gasteiger partial charge in [0.25, 0.3) is 0 Å². The summed E-state index contributed by atoms with van der Waals surface area (Å²) in [7, 11) is 1.58. The van der Waals surface area contributed by atoms with Gasteiger partial charge in [0, 0.05) is 39.6 Å². The fourth-order valence-electron chi connectivity index (χ4n) is 12.4. The van der Waals surface area contributed by atoms with Gasteiger partial charge in [0.2, 0.25) is 5.78 Å². The van der Waals surface area contributed by atoms with E-state index in [0.29, 0.717) is 55.5 Å². The number of carbonyl (C=O) groups excluding carboxylic acids is 2. The lowest BCUT2D eigenvalue weighted by molar-refractivity contribution is -0.174. The third-order valence-electron chi connectivity index (χ3n) is 15.6. The molecule has 320 valence electrons. The van der Waals surface area contributed by atoms with Gasteiger partial charge in [0.1, 0.15) is 11.5 Å². The molecule has 0 saturated heterocycles. The van der Waals surface area contributed by atoms with Crippen LogP contribution in [-0.2, 0) is 12.7 Å². The van der Waals surface area contributed by atoms with E-state index in [1.807, 2.05) is 30.3 Å². The Morgan fingerprint density at radius 2 is 1.62 bits per heavy atom. The van der Waals surface area contributed by atoms with Gasteiger partial charge in [-0.15, -0.1) is 0 Å². The Bertz CT molecular complexity index is 2430. The number of furan rings is 1. The average molecular weight is 855 g/mol. The first-order valence-electron chi connectivity index (χ1n) is 21.1. The lowest BCUT2D eigenvalue weighted by atomic mass is 9.32. The molecule has 2 amide bonds. The van der Waals surface area contributed by atoms with Gasteiger partial charge in [-0.05, 0) is 122 Å². The zero-order valence-corrected chi connectivity index (χ0v) is 35.2. The highest BCUT2D eigenvalue weighted by Crippen LogP contribution is 2.78. The van der Waals surface area contributed by atoms with Crippen molar-refractivity contribution in [1.29, 1.82) is 0 Å². The van der Waals surface area contributed by atoms with Gasteiger partial charge in [-0.3, -0.25) is 4.79 Å². The van der Waals surface area contributed by atoms with Crippen molar-refractivity contribution in [3.05, 3.63) is 131 Å². The molecular formula is C49H50ClF3N2O6. The van der Waals surface area contributed by atoms with Crippen molar-refractivity contribution in [3.63, 3.8) is 0 Å². The molecule has 2 spiro atoms. The Labute approximate surface area is 358 Å². The zero-order chi connectivity index (χ0) is 43.2. The summed E-state index contributed by atoms with van der Waals surface area (Å²) in [6.07, 6.45) is 5.44. The Hall–Kier alpha value is -4.84. The molecule has 6 aliphatic rings. The second kappa shape index (κ2) is 14.6. The number of rotatable bonds is 9. The van der Waals surface area contributed by atoms with Crippen LogP contribution in [0.3, 0.4) is 0 Å². The number of hydrogen-bond acceptors (Lipinski definition) is 6. The molecule has 1 aromatic heterocycles. The van der Waals surface area contributed by atoms with Crippen LogP contribution in [-0.4, -0.2) is 52.3 Å². The van der Waals surface area contributed by atoms with E-state index in [-0.39, 0.29) is 64.3 Å². The van der Waals surface area contributed by atoms with Crippen molar-refractivity contribution < 1.29 is 42.1 Å². The highest BCUT2D eigenvalue weighted by atomic mass is 35.5. The van der Waals surface area contributed by atoms with Gasteiger partial charge in [-0.2, -0.15) is 13.2 Å². The predicted octanol–water partition coefficient (Wildman–Crippen LogP) is 11.1. The fraction of sp³-hybridized carbons (Fsp3) is 0.429. The van der Waals surface area contributed by atoms with E-state index < -0.39 is 39.7 Å². The van der Waals surface area contributed by atoms with Crippen LogP contribution in [0.15, 0.2) is 113 Å². The summed E-state index contributed by atoms with van der Waals surface area (Å²) >= 11 is 6.41. The normalized spacial score (nSPS) is 32.3. The molecule has 8 atom stereocenters. The van der Waals surface area contributed by atoms with Crippen molar-refractivity contribution in [2.75, 3.05) is 19.0 Å². The number of ether oxygens (including phenoxy) is 1. The molecule has 3 N–H and O–H groups in total. The maximum absolute atomic E-state index is 15.2. The summed E-state index contributed by atoms with van der Waals surface area (Å²) in [4.78, 5) is 31.1. The van der Waals surface area contributed by atoms with Crippen LogP contribution in [0.2, 0.25) is 5.02 Å². The number of nitrogens with zero attached hydrogens (tertiary/aromatic N) is 1. The van der Waals surface area contributed by atoms with Crippen molar-refractivity contribution >= 4 is 29.1 Å². The van der Waals surface area contributed by atoms with Crippen LogP contribution in [0.5, 0.6) is 5.75 Å². The molecule has 0 aliphatic heterocycles. The predicted molar refractivity (Wildman–Crippen MR) is 226 cm³/mol. The number of alkyl halides is 3. The fourth-order valence-corrected chi connectivity index (χ4v) is 12.6. The van der Waals surface area contributed by atoms with Gasteiger partial charge < -0.3 is 29.6 Å². The number of allylic oxidation sites excluding steroid dienone is 4. The number of benzene rings is 3. The first kappa shape index (κ1) is 41.5. The molecule has 3 saturated carbocycles. The summed E-state index contributed by atoms with van der Waals surface area (Å²) in [6.45, 7) is 4.69. The zero-order valence-electron chi connectivity index (χ0n) is 34.4. The molecule has 8 nitrogen and oxygen atoms in total. The van der Waals surface area contributed by atoms with Crippen LogP contribution >= 0.6 is 11.6 Å². The summed E-state index contributed by atoms with van der Waals surface area (Å²) in [5, 5.41) is 27.4. The van der Waals surface area contributed by atoms with Crippen LogP contribution in [0.4, 0.5) is 23.7 Å². The number of aliphatic hydroxyl groups excluding tert-OH is 1. The highest BCUT2D eigenvalue weighted by molar-refractivity contribution is 6.33. The van der Waals surface area contributed by atoms with E-state index in [4.69, 9.17) is 20.8 Å². The van der Waals surface area contributed by atoms with Crippen LogP contribution in [0.1, 0.15) is 80.5 Å². The largest absolute Gasteiger partial charge is 0.497 e. The van der Waals surface area contributed by atoms with E-state index in [0.717, 1.165) is 24.1 Å². The minimum Gasteiger partial charge on any atom is -0.497 e. The topological polar surface area (TPSA) is 112 Å². The average Bonchev–Trinajstić information content (AvgIpc) is 3.83. The standard InChI is InChI=1S/C49H50ClF3N2O6/c1-44-20-17-33(56)26-46(44)23-24-48(36(27-46)42(57)39-16-15-38(61-39)35-25-31(49(51,52)53)9-14-37(35)50)40(44)18-21-45(2)41(48)19-22-47(45,59)29-55(28-30-7-5-4-6-8-30)43(58)54-32-10-12-34(60-3)13-11-32/h4-16,23-25,27,33,40-41,56,59H,17-22,26,28-29H2,1-3H3,(H,54,58). The van der Waals surface area contributed by atoms with E-state index in [9.17, 15) is 28.2 Å². The number of hydrogen-bond donors (Lipinski definition) is 3. The summed E-state index contributed by atoms with van der Waals surface area (Å²) in [6, 6.07) is 22.3. The Morgan fingerprint density at radius 1 is 0.918 bits per heavy atom. The monoisotopic (exact) mass is 854 g/mol. The molecule has 12 heteroatoms. The number of ketones is 1. The van der Waals surface area contributed by atoms with Gasteiger partial charge >= 0.3 is 12.2 Å². The number of amides is 2. The second-order valence-corrected chi connectivity index (χ2v) is 18.9. The van der Waals surface area contributed by atoms with Gasteiger partial charge in [0.05, 0.1) is 35.9 Å². The minimum absolute atomic E-state index is 0.0204. The number of halogens is 4.